The van der Waals surface area contributed by atoms with E-state index < -0.39 is 17.8 Å². The fraction of sp³-hybridized carbons (Fsp3) is 0.538. The lowest BCUT2D eigenvalue weighted by molar-refractivity contribution is -0.137. The summed E-state index contributed by atoms with van der Waals surface area (Å²) in [5, 5.41) is 12.7. The van der Waals surface area contributed by atoms with Crippen LogP contribution in [0.25, 0.3) is 0 Å². The Morgan fingerprint density at radius 3 is 2.42 bits per heavy atom. The van der Waals surface area contributed by atoms with Crippen LogP contribution < -0.4 is 5.32 Å². The number of hydrogen-bond donors (Lipinski definition) is 2. The summed E-state index contributed by atoms with van der Waals surface area (Å²) in [6.45, 7) is 3.80. The Morgan fingerprint density at radius 1 is 1.37 bits per heavy atom. The van der Waals surface area contributed by atoms with Crippen molar-refractivity contribution in [2.24, 2.45) is 5.41 Å². The second-order valence-electron chi connectivity index (χ2n) is 5.46. The van der Waals surface area contributed by atoms with Gasteiger partial charge in [-0.2, -0.15) is 13.2 Å². The average molecular weight is 294 g/mol. The van der Waals surface area contributed by atoms with Crippen molar-refractivity contribution in [2.75, 3.05) is 5.32 Å². The fourth-order valence-corrected chi connectivity index (χ4v) is 2.38. The molecule has 1 aliphatic rings. The van der Waals surface area contributed by atoms with Gasteiger partial charge in [-0.1, -0.05) is 25.4 Å². The highest BCUT2D eigenvalue weighted by atomic mass is 35.5. The first kappa shape index (κ1) is 14.5. The van der Waals surface area contributed by atoms with Gasteiger partial charge < -0.3 is 10.4 Å². The SMILES string of the molecule is CC1(C)C(O)CC1Nc1ccc(C(F)(F)F)cc1Cl. The molecule has 0 heterocycles. The van der Waals surface area contributed by atoms with E-state index in [2.05, 4.69) is 5.32 Å². The van der Waals surface area contributed by atoms with Gasteiger partial charge in [0.25, 0.3) is 0 Å². The Morgan fingerprint density at radius 2 is 2.00 bits per heavy atom. The quantitative estimate of drug-likeness (QED) is 0.866. The van der Waals surface area contributed by atoms with Gasteiger partial charge in [-0.3, -0.25) is 0 Å². The van der Waals surface area contributed by atoms with Gasteiger partial charge in [0.15, 0.2) is 0 Å². The Bertz CT molecular complexity index is 487. The number of alkyl halides is 3. The molecular formula is C13H15ClF3NO. The Labute approximate surface area is 114 Å². The molecule has 2 rings (SSSR count). The van der Waals surface area contributed by atoms with E-state index in [0.717, 1.165) is 12.1 Å². The topological polar surface area (TPSA) is 32.3 Å². The van der Waals surface area contributed by atoms with Crippen LogP contribution in [0.3, 0.4) is 0 Å². The predicted octanol–water partition coefficient (Wildman–Crippen LogP) is 3.93. The third-order valence-corrected chi connectivity index (χ3v) is 4.15. The molecule has 0 saturated heterocycles. The molecule has 2 N–H and O–H groups in total. The molecule has 1 aromatic carbocycles. The molecule has 0 aliphatic heterocycles. The molecule has 0 radical (unpaired) electrons. The van der Waals surface area contributed by atoms with Crippen LogP contribution in [0.2, 0.25) is 5.02 Å². The summed E-state index contributed by atoms with van der Waals surface area (Å²) in [7, 11) is 0. The van der Waals surface area contributed by atoms with Gasteiger partial charge in [0.05, 0.1) is 22.4 Å². The Kier molecular flexibility index (Phi) is 3.47. The normalized spacial score (nSPS) is 25.8. The molecule has 2 nitrogen and oxygen atoms in total. The molecule has 0 aromatic heterocycles. The lowest BCUT2D eigenvalue weighted by atomic mass is 9.64. The molecule has 6 heteroatoms. The second kappa shape index (κ2) is 4.56. The van der Waals surface area contributed by atoms with E-state index in [9.17, 15) is 18.3 Å². The van der Waals surface area contributed by atoms with Crippen molar-refractivity contribution >= 4 is 17.3 Å². The van der Waals surface area contributed by atoms with Gasteiger partial charge in [0.1, 0.15) is 0 Å². The van der Waals surface area contributed by atoms with Gasteiger partial charge >= 0.3 is 6.18 Å². The molecule has 1 aliphatic carbocycles. The summed E-state index contributed by atoms with van der Waals surface area (Å²) in [5.74, 6) is 0. The fourth-order valence-electron chi connectivity index (χ4n) is 2.14. The van der Waals surface area contributed by atoms with E-state index in [1.54, 1.807) is 0 Å². The highest BCUT2D eigenvalue weighted by Crippen LogP contribution is 2.43. The number of nitrogens with one attached hydrogen (secondary N) is 1. The van der Waals surface area contributed by atoms with Crippen molar-refractivity contribution in [3.05, 3.63) is 28.8 Å². The number of halogens is 4. The van der Waals surface area contributed by atoms with Crippen LogP contribution in [-0.4, -0.2) is 17.3 Å². The number of aliphatic hydroxyl groups excluding tert-OH is 1. The van der Waals surface area contributed by atoms with E-state index in [4.69, 9.17) is 11.6 Å². The molecule has 2 atom stereocenters. The van der Waals surface area contributed by atoms with Crippen LogP contribution >= 0.6 is 11.6 Å². The summed E-state index contributed by atoms with van der Waals surface area (Å²) in [6.07, 6.45) is -4.24. The van der Waals surface area contributed by atoms with Gasteiger partial charge in [-0.05, 0) is 24.6 Å². The zero-order chi connectivity index (χ0) is 14.4. The van der Waals surface area contributed by atoms with Gasteiger partial charge in [-0.15, -0.1) is 0 Å². The van der Waals surface area contributed by atoms with E-state index in [0.29, 0.717) is 12.1 Å². The summed E-state index contributed by atoms with van der Waals surface area (Å²) in [4.78, 5) is 0. The number of rotatable bonds is 2. The van der Waals surface area contributed by atoms with E-state index in [-0.39, 0.29) is 16.5 Å². The van der Waals surface area contributed by atoms with Crippen LogP contribution in [0, 0.1) is 5.41 Å². The minimum atomic E-state index is -4.39. The largest absolute Gasteiger partial charge is 0.416 e. The highest BCUT2D eigenvalue weighted by molar-refractivity contribution is 6.33. The highest BCUT2D eigenvalue weighted by Gasteiger charge is 2.47. The van der Waals surface area contributed by atoms with Crippen molar-refractivity contribution in [3.8, 4) is 0 Å². The first-order valence-corrected chi connectivity index (χ1v) is 6.31. The molecule has 1 aromatic rings. The predicted molar refractivity (Wildman–Crippen MR) is 68.3 cm³/mol. The first-order valence-electron chi connectivity index (χ1n) is 5.93. The van der Waals surface area contributed by atoms with Crippen LogP contribution in [0.1, 0.15) is 25.8 Å². The average Bonchev–Trinajstić information content (AvgIpc) is 2.29. The van der Waals surface area contributed by atoms with Crippen molar-refractivity contribution in [1.82, 2.24) is 0 Å². The minimum absolute atomic E-state index is 0.00302. The number of anilines is 1. The lowest BCUT2D eigenvalue weighted by Crippen LogP contribution is -2.56. The minimum Gasteiger partial charge on any atom is -0.392 e. The molecule has 1 fully saturated rings. The standard InChI is InChI=1S/C13H15ClF3NO/c1-12(2)10(6-11(12)19)18-9-4-3-7(5-8(9)14)13(15,16)17/h3-5,10-11,18-19H,6H2,1-2H3. The maximum atomic E-state index is 12.5. The molecule has 0 bridgehead atoms. The van der Waals surface area contributed by atoms with Gasteiger partial charge in [0, 0.05) is 11.5 Å². The third kappa shape index (κ3) is 2.67. The van der Waals surface area contributed by atoms with Crippen LogP contribution in [-0.2, 0) is 6.18 Å². The molecule has 0 amide bonds. The lowest BCUT2D eigenvalue weighted by Gasteiger charge is -2.50. The summed E-state index contributed by atoms with van der Waals surface area (Å²) < 4.78 is 37.5. The molecular weight excluding hydrogens is 279 g/mol. The van der Waals surface area contributed by atoms with E-state index in [1.807, 2.05) is 13.8 Å². The monoisotopic (exact) mass is 293 g/mol. The summed E-state index contributed by atoms with van der Waals surface area (Å²) >= 11 is 5.87. The number of benzene rings is 1. The first-order chi connectivity index (χ1) is 8.62. The van der Waals surface area contributed by atoms with Crippen molar-refractivity contribution < 1.29 is 18.3 Å². The third-order valence-electron chi connectivity index (χ3n) is 3.84. The van der Waals surface area contributed by atoms with Gasteiger partial charge in [-0.25, -0.2) is 0 Å². The molecule has 106 valence electrons. The van der Waals surface area contributed by atoms with Crippen LogP contribution in [0.5, 0.6) is 0 Å². The zero-order valence-electron chi connectivity index (χ0n) is 10.6. The number of aliphatic hydroxyl groups is 1. The molecule has 2 unspecified atom stereocenters. The maximum Gasteiger partial charge on any atom is 0.416 e. The van der Waals surface area contributed by atoms with E-state index >= 15 is 0 Å². The molecule has 0 spiro atoms. The number of hydrogen-bond acceptors (Lipinski definition) is 2. The summed E-state index contributed by atoms with van der Waals surface area (Å²) in [5.41, 5.74) is -0.623. The smallest absolute Gasteiger partial charge is 0.392 e. The molecule has 1 saturated carbocycles. The van der Waals surface area contributed by atoms with Crippen LogP contribution in [0.4, 0.5) is 18.9 Å². The Balaban J connectivity index is 2.15. The second-order valence-corrected chi connectivity index (χ2v) is 5.87. The molecule has 19 heavy (non-hydrogen) atoms. The van der Waals surface area contributed by atoms with Crippen molar-refractivity contribution in [1.29, 1.82) is 0 Å². The summed E-state index contributed by atoms with van der Waals surface area (Å²) in [6, 6.07) is 3.23. The van der Waals surface area contributed by atoms with Gasteiger partial charge in [0.2, 0.25) is 0 Å². The maximum absolute atomic E-state index is 12.5. The Hall–Kier alpha value is -0.940. The zero-order valence-corrected chi connectivity index (χ0v) is 11.3. The van der Waals surface area contributed by atoms with Crippen molar-refractivity contribution in [2.45, 2.75) is 38.6 Å². The van der Waals surface area contributed by atoms with Crippen molar-refractivity contribution in [3.63, 3.8) is 0 Å². The van der Waals surface area contributed by atoms with Crippen LogP contribution in [0.15, 0.2) is 18.2 Å². The van der Waals surface area contributed by atoms with E-state index in [1.165, 1.54) is 6.07 Å².